The van der Waals surface area contributed by atoms with Gasteiger partial charge in [-0.15, -0.1) is 0 Å². The molecule has 2 aliphatic rings. The summed E-state index contributed by atoms with van der Waals surface area (Å²) in [5.74, 6) is 0.964. The molecule has 0 radical (unpaired) electrons. The molecule has 2 fully saturated rings. The van der Waals surface area contributed by atoms with Gasteiger partial charge in [0, 0.05) is 25.2 Å². The molecule has 1 unspecified atom stereocenters. The summed E-state index contributed by atoms with van der Waals surface area (Å²) in [6.45, 7) is 9.78. The zero-order valence-corrected chi connectivity index (χ0v) is 11.1. The topological polar surface area (TPSA) is 15.3 Å². The largest absolute Gasteiger partial charge is 0.309 e. The van der Waals surface area contributed by atoms with E-state index in [9.17, 15) is 0 Å². The van der Waals surface area contributed by atoms with Crippen LogP contribution in [0.4, 0.5) is 0 Å². The molecular formula is C14H28N2. The second-order valence-electron chi connectivity index (χ2n) is 5.96. The van der Waals surface area contributed by atoms with Crippen molar-refractivity contribution < 1.29 is 0 Å². The predicted molar refractivity (Wildman–Crippen MR) is 69.7 cm³/mol. The first-order valence-electron chi connectivity index (χ1n) is 7.22. The second-order valence-corrected chi connectivity index (χ2v) is 5.96. The fraction of sp³-hybridized carbons (Fsp3) is 1.00. The van der Waals surface area contributed by atoms with E-state index in [0.29, 0.717) is 5.54 Å². The van der Waals surface area contributed by atoms with Crippen LogP contribution in [0.25, 0.3) is 0 Å². The second kappa shape index (κ2) is 5.50. The Hall–Kier alpha value is -0.0800. The Kier molecular flexibility index (Phi) is 4.26. The third-order valence-corrected chi connectivity index (χ3v) is 4.32. The number of unbranched alkanes of at least 4 members (excludes halogenated alkanes) is 3. The van der Waals surface area contributed by atoms with E-state index in [2.05, 4.69) is 24.1 Å². The fourth-order valence-corrected chi connectivity index (χ4v) is 3.05. The normalized spacial score (nSPS) is 31.9. The first-order valence-corrected chi connectivity index (χ1v) is 7.22. The van der Waals surface area contributed by atoms with Crippen molar-refractivity contribution >= 4 is 0 Å². The van der Waals surface area contributed by atoms with E-state index in [1.165, 1.54) is 64.7 Å². The average molecular weight is 224 g/mol. The number of hydrogen-bond acceptors (Lipinski definition) is 2. The maximum Gasteiger partial charge on any atom is 0.0309 e. The monoisotopic (exact) mass is 224 g/mol. The minimum atomic E-state index is 0.434. The lowest BCUT2D eigenvalue weighted by atomic mass is 9.93. The smallest absolute Gasteiger partial charge is 0.0309 e. The Bertz CT molecular complexity index is 213. The van der Waals surface area contributed by atoms with Gasteiger partial charge in [0.2, 0.25) is 0 Å². The highest BCUT2D eigenvalue weighted by Gasteiger charge is 2.43. The van der Waals surface area contributed by atoms with Gasteiger partial charge in [0.15, 0.2) is 0 Å². The van der Waals surface area contributed by atoms with Gasteiger partial charge in [-0.05, 0) is 38.6 Å². The van der Waals surface area contributed by atoms with Crippen molar-refractivity contribution in [2.75, 3.05) is 26.2 Å². The summed E-state index contributed by atoms with van der Waals surface area (Å²) in [7, 11) is 0. The molecule has 1 atom stereocenters. The van der Waals surface area contributed by atoms with E-state index >= 15 is 0 Å². The van der Waals surface area contributed by atoms with Crippen molar-refractivity contribution in [3.8, 4) is 0 Å². The van der Waals surface area contributed by atoms with Crippen LogP contribution in [0.5, 0.6) is 0 Å². The van der Waals surface area contributed by atoms with Crippen LogP contribution in [0, 0.1) is 5.92 Å². The van der Waals surface area contributed by atoms with Gasteiger partial charge < -0.3 is 10.2 Å². The Labute approximate surface area is 101 Å². The summed E-state index contributed by atoms with van der Waals surface area (Å²) in [5, 5.41) is 3.75. The molecule has 2 rings (SSSR count). The number of piperazine rings is 1. The molecule has 16 heavy (non-hydrogen) atoms. The van der Waals surface area contributed by atoms with Crippen molar-refractivity contribution in [3.05, 3.63) is 0 Å². The van der Waals surface area contributed by atoms with Crippen LogP contribution in [-0.2, 0) is 0 Å². The maximum atomic E-state index is 3.75. The zero-order valence-electron chi connectivity index (χ0n) is 11.1. The average Bonchev–Trinajstić information content (AvgIpc) is 3.09. The molecule has 2 heteroatoms. The molecule has 0 aromatic carbocycles. The van der Waals surface area contributed by atoms with Crippen molar-refractivity contribution in [1.29, 1.82) is 0 Å². The molecule has 1 aliphatic heterocycles. The number of nitrogens with one attached hydrogen (secondary N) is 1. The Balaban J connectivity index is 1.69. The van der Waals surface area contributed by atoms with Crippen LogP contribution in [-0.4, -0.2) is 36.6 Å². The number of nitrogens with zero attached hydrogens (tertiary/aromatic N) is 1. The van der Waals surface area contributed by atoms with Gasteiger partial charge in [-0.2, -0.15) is 0 Å². The highest BCUT2D eigenvalue weighted by Crippen LogP contribution is 2.40. The van der Waals surface area contributed by atoms with Crippen molar-refractivity contribution in [1.82, 2.24) is 10.2 Å². The Morgan fingerprint density at radius 2 is 2.06 bits per heavy atom. The molecule has 1 heterocycles. The summed E-state index contributed by atoms with van der Waals surface area (Å²) in [6, 6.07) is 0. The summed E-state index contributed by atoms with van der Waals surface area (Å²) >= 11 is 0. The van der Waals surface area contributed by atoms with Gasteiger partial charge in [-0.25, -0.2) is 0 Å². The molecule has 0 aromatic heterocycles. The number of rotatable bonds is 6. The molecule has 0 bridgehead atoms. The van der Waals surface area contributed by atoms with Crippen LogP contribution < -0.4 is 5.32 Å². The Morgan fingerprint density at radius 1 is 1.25 bits per heavy atom. The van der Waals surface area contributed by atoms with Crippen LogP contribution >= 0.6 is 0 Å². The van der Waals surface area contributed by atoms with Crippen molar-refractivity contribution in [2.24, 2.45) is 5.92 Å². The molecule has 94 valence electrons. The third-order valence-electron chi connectivity index (χ3n) is 4.32. The highest BCUT2D eigenvalue weighted by molar-refractivity contribution is 5.01. The standard InChI is InChI=1S/C14H28N2/c1-3-4-5-6-10-16-11-9-15-14(2,12-16)13-7-8-13/h13,15H,3-12H2,1-2H3. The van der Waals surface area contributed by atoms with Crippen LogP contribution in [0.1, 0.15) is 52.4 Å². The molecule has 1 saturated carbocycles. The van der Waals surface area contributed by atoms with Gasteiger partial charge in [-0.3, -0.25) is 0 Å². The molecule has 0 amide bonds. The summed E-state index contributed by atoms with van der Waals surface area (Å²) in [6.07, 6.45) is 8.48. The van der Waals surface area contributed by atoms with E-state index in [4.69, 9.17) is 0 Å². The van der Waals surface area contributed by atoms with Crippen molar-refractivity contribution in [2.45, 2.75) is 57.9 Å². The van der Waals surface area contributed by atoms with Gasteiger partial charge in [0.1, 0.15) is 0 Å². The van der Waals surface area contributed by atoms with Gasteiger partial charge >= 0.3 is 0 Å². The van der Waals surface area contributed by atoms with Gasteiger partial charge in [-0.1, -0.05) is 26.2 Å². The minimum absolute atomic E-state index is 0.434. The first-order chi connectivity index (χ1) is 7.74. The molecule has 0 spiro atoms. The van der Waals surface area contributed by atoms with E-state index in [-0.39, 0.29) is 0 Å². The van der Waals surface area contributed by atoms with Crippen LogP contribution in [0.3, 0.4) is 0 Å². The van der Waals surface area contributed by atoms with Gasteiger partial charge in [0.05, 0.1) is 0 Å². The molecule has 1 saturated heterocycles. The fourth-order valence-electron chi connectivity index (χ4n) is 3.05. The van der Waals surface area contributed by atoms with Crippen LogP contribution in [0.15, 0.2) is 0 Å². The van der Waals surface area contributed by atoms with E-state index in [0.717, 1.165) is 5.92 Å². The molecule has 0 aromatic rings. The van der Waals surface area contributed by atoms with E-state index in [1.807, 2.05) is 0 Å². The lowest BCUT2D eigenvalue weighted by molar-refractivity contribution is 0.125. The highest BCUT2D eigenvalue weighted by atomic mass is 15.2. The SMILES string of the molecule is CCCCCCN1CCNC(C)(C2CC2)C1. The lowest BCUT2D eigenvalue weighted by Gasteiger charge is -2.42. The minimum Gasteiger partial charge on any atom is -0.309 e. The van der Waals surface area contributed by atoms with E-state index in [1.54, 1.807) is 0 Å². The number of hydrogen-bond donors (Lipinski definition) is 1. The predicted octanol–water partition coefficient (Wildman–Crippen LogP) is 2.64. The summed E-state index contributed by atoms with van der Waals surface area (Å²) in [5.41, 5.74) is 0.434. The first kappa shape index (κ1) is 12.4. The quantitative estimate of drug-likeness (QED) is 0.698. The van der Waals surface area contributed by atoms with Crippen molar-refractivity contribution in [3.63, 3.8) is 0 Å². The molecule has 1 N–H and O–H groups in total. The lowest BCUT2D eigenvalue weighted by Crippen LogP contribution is -2.60. The molecule has 2 nitrogen and oxygen atoms in total. The Morgan fingerprint density at radius 3 is 2.75 bits per heavy atom. The molecule has 1 aliphatic carbocycles. The summed E-state index contributed by atoms with van der Waals surface area (Å²) in [4.78, 5) is 2.68. The molecular weight excluding hydrogens is 196 g/mol. The zero-order chi connectivity index (χ0) is 11.4. The van der Waals surface area contributed by atoms with Gasteiger partial charge in [0.25, 0.3) is 0 Å². The third kappa shape index (κ3) is 3.21. The van der Waals surface area contributed by atoms with Crippen LogP contribution in [0.2, 0.25) is 0 Å². The summed E-state index contributed by atoms with van der Waals surface area (Å²) < 4.78 is 0. The maximum absolute atomic E-state index is 3.75. The van der Waals surface area contributed by atoms with E-state index < -0.39 is 0 Å².